The van der Waals surface area contributed by atoms with Crippen LogP contribution in [0.25, 0.3) is 0 Å². The molecule has 5 nitrogen and oxygen atoms in total. The number of esters is 1. The molecular formula is C31H41FO5. The predicted molar refractivity (Wildman–Crippen MR) is 137 cm³/mol. The number of allylic oxidation sites excluding steroid dienone is 3. The van der Waals surface area contributed by atoms with Crippen LogP contribution in [0.5, 0.6) is 0 Å². The second-order valence-corrected chi connectivity index (χ2v) is 14.2. The van der Waals surface area contributed by atoms with Crippen LogP contribution < -0.4 is 0 Å². The van der Waals surface area contributed by atoms with Gasteiger partial charge >= 0.3 is 5.97 Å². The van der Waals surface area contributed by atoms with E-state index in [1.165, 1.54) is 7.11 Å². The second-order valence-electron chi connectivity index (χ2n) is 14.2. The molecule has 37 heavy (non-hydrogen) atoms. The number of fused-ring (bicyclic) bond motifs is 7. The first-order chi connectivity index (χ1) is 17.1. The fourth-order valence-electron chi connectivity index (χ4n) is 9.90. The molecule has 4 fully saturated rings. The molecule has 0 aliphatic heterocycles. The monoisotopic (exact) mass is 512 g/mol. The number of hydrogen-bond acceptors (Lipinski definition) is 5. The third kappa shape index (κ3) is 3.07. The molecule has 0 spiro atoms. The topological polar surface area (TPSA) is 77.5 Å². The van der Waals surface area contributed by atoms with Crippen molar-refractivity contribution in [1.82, 2.24) is 0 Å². The third-order valence-electron chi connectivity index (χ3n) is 12.3. The van der Waals surface area contributed by atoms with E-state index in [1.54, 1.807) is 13.0 Å². The van der Waals surface area contributed by atoms with Crippen LogP contribution in [0.3, 0.4) is 0 Å². The Bertz CT molecular complexity index is 1160. The minimum atomic E-state index is -1.11. The predicted octanol–water partition coefficient (Wildman–Crippen LogP) is 5.96. The zero-order chi connectivity index (χ0) is 27.3. The molecule has 202 valence electrons. The highest BCUT2D eigenvalue weighted by atomic mass is 19.1. The van der Waals surface area contributed by atoms with Gasteiger partial charge in [0.15, 0.2) is 17.3 Å². The van der Waals surface area contributed by atoms with Crippen molar-refractivity contribution >= 4 is 23.3 Å². The molecule has 0 aromatic heterocycles. The van der Waals surface area contributed by atoms with E-state index < -0.39 is 39.1 Å². The Labute approximate surface area is 219 Å². The highest BCUT2D eigenvalue weighted by molar-refractivity contribution is 6.25. The summed E-state index contributed by atoms with van der Waals surface area (Å²) in [5.74, 6) is -2.42. The van der Waals surface area contributed by atoms with Crippen LogP contribution in [0.4, 0.5) is 4.39 Å². The number of carbonyl (C=O) groups excluding carboxylic acids is 4. The molecule has 8 atom stereocenters. The number of halogens is 1. The first kappa shape index (κ1) is 26.5. The molecule has 0 N–H and O–H groups in total. The molecule has 0 aromatic rings. The largest absolute Gasteiger partial charge is 0.469 e. The van der Waals surface area contributed by atoms with E-state index in [4.69, 9.17) is 4.74 Å². The van der Waals surface area contributed by atoms with Gasteiger partial charge in [-0.05, 0) is 91.6 Å². The van der Waals surface area contributed by atoms with Gasteiger partial charge in [-0.2, -0.15) is 0 Å². The summed E-state index contributed by atoms with van der Waals surface area (Å²) >= 11 is 0. The second kappa shape index (κ2) is 7.95. The fourth-order valence-corrected chi connectivity index (χ4v) is 9.90. The summed E-state index contributed by atoms with van der Waals surface area (Å²) in [5.41, 5.74) is -2.34. The Hall–Kier alpha value is -2.11. The minimum Gasteiger partial charge on any atom is -0.469 e. The molecule has 0 aromatic carbocycles. The summed E-state index contributed by atoms with van der Waals surface area (Å²) in [4.78, 5) is 54.2. The highest BCUT2D eigenvalue weighted by Crippen LogP contribution is 2.74. The van der Waals surface area contributed by atoms with E-state index in [0.29, 0.717) is 25.7 Å². The minimum absolute atomic E-state index is 0.00516. The van der Waals surface area contributed by atoms with Crippen LogP contribution in [0.1, 0.15) is 86.5 Å². The number of methoxy groups -OCH3 is 1. The standard InChI is InChI=1S/C31H41FO5/c1-17-19-8-9-28(4)22(30(19,6)25(35)18(16-32)24(17)34)14-21(33)23-20-15-27(2,3)10-12-31(20,26(36)37-7)13-11-29(23,28)5/h14,16-17,19-20,23H,8-13,15H2,1-7H3. The molecule has 6 heteroatoms. The van der Waals surface area contributed by atoms with E-state index >= 15 is 0 Å². The Balaban J connectivity index is 1.69. The van der Waals surface area contributed by atoms with Gasteiger partial charge in [0.25, 0.3) is 0 Å². The van der Waals surface area contributed by atoms with Gasteiger partial charge in [0.05, 0.1) is 23.5 Å². The maximum Gasteiger partial charge on any atom is 0.312 e. The van der Waals surface area contributed by atoms with E-state index in [0.717, 1.165) is 24.8 Å². The summed E-state index contributed by atoms with van der Waals surface area (Å²) in [6.45, 7) is 12.4. The van der Waals surface area contributed by atoms with Gasteiger partial charge in [-0.3, -0.25) is 19.2 Å². The first-order valence-corrected chi connectivity index (χ1v) is 13.9. The summed E-state index contributed by atoms with van der Waals surface area (Å²) < 4.78 is 19.3. The lowest BCUT2D eigenvalue weighted by atomic mass is 9.34. The molecule has 0 heterocycles. The van der Waals surface area contributed by atoms with Crippen molar-refractivity contribution in [3.8, 4) is 0 Å². The Morgan fingerprint density at radius 1 is 1.00 bits per heavy atom. The van der Waals surface area contributed by atoms with Gasteiger partial charge in [0, 0.05) is 11.8 Å². The maximum atomic E-state index is 14.3. The van der Waals surface area contributed by atoms with Crippen LogP contribution >= 0.6 is 0 Å². The zero-order valence-corrected chi connectivity index (χ0v) is 23.3. The van der Waals surface area contributed by atoms with Gasteiger partial charge in [0.1, 0.15) is 6.33 Å². The average molecular weight is 513 g/mol. The van der Waals surface area contributed by atoms with Gasteiger partial charge < -0.3 is 4.74 Å². The van der Waals surface area contributed by atoms with Gasteiger partial charge in [-0.15, -0.1) is 0 Å². The number of carbonyl (C=O) groups is 4. The van der Waals surface area contributed by atoms with E-state index in [1.807, 2.05) is 6.92 Å². The maximum absolute atomic E-state index is 14.3. The van der Waals surface area contributed by atoms with E-state index in [2.05, 4.69) is 27.7 Å². The number of rotatable bonds is 1. The highest BCUT2D eigenvalue weighted by Gasteiger charge is 2.71. The van der Waals surface area contributed by atoms with Crippen molar-refractivity contribution in [2.45, 2.75) is 86.5 Å². The molecular weight excluding hydrogens is 471 g/mol. The summed E-state index contributed by atoms with van der Waals surface area (Å²) in [6, 6.07) is 0. The molecule has 8 unspecified atom stereocenters. The normalized spacial score (nSPS) is 47.8. The van der Waals surface area contributed by atoms with Crippen LogP contribution in [-0.4, -0.2) is 30.4 Å². The van der Waals surface area contributed by atoms with Crippen molar-refractivity contribution in [2.75, 3.05) is 7.11 Å². The molecule has 0 amide bonds. The van der Waals surface area contributed by atoms with Crippen molar-refractivity contribution < 1.29 is 28.3 Å². The lowest BCUT2D eigenvalue weighted by Crippen LogP contribution is -2.66. The smallest absolute Gasteiger partial charge is 0.312 e. The molecule has 0 saturated heterocycles. The van der Waals surface area contributed by atoms with Crippen LogP contribution in [0.15, 0.2) is 23.6 Å². The quantitative estimate of drug-likeness (QED) is 0.246. The Kier molecular flexibility index (Phi) is 5.70. The van der Waals surface area contributed by atoms with Gasteiger partial charge in [-0.25, -0.2) is 4.39 Å². The molecule has 0 radical (unpaired) electrons. The van der Waals surface area contributed by atoms with Crippen LogP contribution in [-0.2, 0) is 23.9 Å². The molecule has 5 aliphatic rings. The molecule has 4 saturated carbocycles. The van der Waals surface area contributed by atoms with Crippen molar-refractivity contribution in [1.29, 1.82) is 0 Å². The Morgan fingerprint density at radius 2 is 1.65 bits per heavy atom. The number of hydrogen-bond donors (Lipinski definition) is 0. The van der Waals surface area contributed by atoms with Crippen molar-refractivity contribution in [2.24, 2.45) is 50.7 Å². The van der Waals surface area contributed by atoms with E-state index in [9.17, 15) is 23.6 Å². The van der Waals surface area contributed by atoms with Crippen molar-refractivity contribution in [3.63, 3.8) is 0 Å². The molecule has 5 aliphatic carbocycles. The SMILES string of the molecule is COC(=O)C12CCC(C)(C)CC1C1C(=O)C=C3C4(C)C(=O)C(=CF)C(=O)C(C)C4CCC3(C)C1(C)CC2. The number of ether oxygens (including phenoxy) is 1. The molecule has 5 rings (SSSR count). The van der Waals surface area contributed by atoms with Gasteiger partial charge in [-0.1, -0.05) is 34.6 Å². The number of Topliss-reactive ketones (excluding diaryl/α,β-unsaturated/α-hetero) is 2. The lowest BCUT2D eigenvalue weighted by molar-refractivity contribution is -0.191. The van der Waals surface area contributed by atoms with Crippen LogP contribution in [0.2, 0.25) is 0 Å². The Morgan fingerprint density at radius 3 is 2.27 bits per heavy atom. The van der Waals surface area contributed by atoms with Gasteiger partial charge in [0.2, 0.25) is 0 Å². The average Bonchev–Trinajstić information content (AvgIpc) is 2.84. The first-order valence-electron chi connectivity index (χ1n) is 13.9. The fraction of sp³-hybridized carbons (Fsp3) is 0.742. The third-order valence-corrected chi connectivity index (χ3v) is 12.3. The van der Waals surface area contributed by atoms with E-state index in [-0.39, 0.29) is 46.8 Å². The van der Waals surface area contributed by atoms with Crippen molar-refractivity contribution in [3.05, 3.63) is 23.6 Å². The zero-order valence-electron chi connectivity index (χ0n) is 23.3. The molecule has 0 bridgehead atoms. The summed E-state index contributed by atoms with van der Waals surface area (Å²) in [5, 5.41) is 0. The summed E-state index contributed by atoms with van der Waals surface area (Å²) in [7, 11) is 1.44. The van der Waals surface area contributed by atoms with Crippen LogP contribution in [0, 0.1) is 50.7 Å². The lowest BCUT2D eigenvalue weighted by Gasteiger charge is -2.68. The summed E-state index contributed by atoms with van der Waals surface area (Å²) in [6.07, 6.45) is 6.99. The number of ketones is 3.